The van der Waals surface area contributed by atoms with E-state index in [0.29, 0.717) is 22.8 Å². The van der Waals surface area contributed by atoms with Gasteiger partial charge in [-0.25, -0.2) is 4.98 Å². The zero-order valence-corrected chi connectivity index (χ0v) is 15.3. The molecule has 1 unspecified atom stereocenters. The zero-order valence-electron chi connectivity index (χ0n) is 14.5. The first-order valence-electron chi connectivity index (χ1n) is 8.48. The number of hydrogen-bond donors (Lipinski definition) is 1. The summed E-state index contributed by atoms with van der Waals surface area (Å²) in [5.74, 6) is 0.193. The first-order valence-corrected chi connectivity index (χ1v) is 9.29. The average Bonchev–Trinajstić information content (AvgIpc) is 3.03. The third-order valence-corrected chi connectivity index (χ3v) is 5.89. The Balaban J connectivity index is 1.74. The largest absolute Gasteiger partial charge is 0.481 e. The summed E-state index contributed by atoms with van der Waals surface area (Å²) in [6.07, 6.45) is -3.11. The molecule has 0 amide bonds. The first kappa shape index (κ1) is 17.9. The molecule has 1 aromatic heterocycles. The molecule has 140 valence electrons. The van der Waals surface area contributed by atoms with Crippen molar-refractivity contribution in [1.82, 2.24) is 4.98 Å². The summed E-state index contributed by atoms with van der Waals surface area (Å²) in [5, 5.41) is 0.377. The second-order valence-electron chi connectivity index (χ2n) is 6.76. The molecule has 1 aliphatic heterocycles. The maximum atomic E-state index is 13.1. The minimum Gasteiger partial charge on any atom is -0.481 e. The van der Waals surface area contributed by atoms with Crippen LogP contribution in [0.2, 0.25) is 0 Å². The monoisotopic (exact) mass is 390 g/mol. The Bertz CT molecular complexity index is 985. The van der Waals surface area contributed by atoms with Crippen molar-refractivity contribution in [2.75, 3.05) is 5.73 Å². The third-order valence-electron chi connectivity index (χ3n) is 4.76. The summed E-state index contributed by atoms with van der Waals surface area (Å²) in [6, 6.07) is 13.4. The summed E-state index contributed by atoms with van der Waals surface area (Å²) < 4.78 is 45.5. The highest BCUT2D eigenvalue weighted by molar-refractivity contribution is 7.16. The molecular weight excluding hydrogens is 373 g/mol. The topological polar surface area (TPSA) is 48.1 Å². The summed E-state index contributed by atoms with van der Waals surface area (Å²) in [6.45, 7) is 1.88. The molecule has 0 bridgehead atoms. The number of hydrogen-bond acceptors (Lipinski definition) is 4. The molecule has 4 rings (SSSR count). The number of nitrogen functional groups attached to an aromatic ring is 1. The Morgan fingerprint density at radius 2 is 1.89 bits per heavy atom. The van der Waals surface area contributed by atoms with Crippen molar-refractivity contribution < 1.29 is 17.9 Å². The number of fused-ring (bicyclic) bond motifs is 3. The predicted molar refractivity (Wildman–Crippen MR) is 99.7 cm³/mol. The lowest BCUT2D eigenvalue weighted by Crippen LogP contribution is -2.32. The van der Waals surface area contributed by atoms with E-state index in [4.69, 9.17) is 10.5 Å². The Hall–Kier alpha value is -2.54. The van der Waals surface area contributed by atoms with Gasteiger partial charge in [0.15, 0.2) is 5.13 Å². The fourth-order valence-corrected chi connectivity index (χ4v) is 4.30. The second kappa shape index (κ2) is 6.27. The summed E-state index contributed by atoms with van der Waals surface area (Å²) in [5.41, 5.74) is 6.68. The molecule has 1 atom stereocenters. The summed E-state index contributed by atoms with van der Waals surface area (Å²) >= 11 is 1.33. The van der Waals surface area contributed by atoms with Crippen LogP contribution >= 0.6 is 11.3 Å². The van der Waals surface area contributed by atoms with Gasteiger partial charge < -0.3 is 10.5 Å². The van der Waals surface area contributed by atoms with Crippen molar-refractivity contribution in [3.63, 3.8) is 0 Å². The van der Waals surface area contributed by atoms with Crippen LogP contribution in [0.25, 0.3) is 11.3 Å². The lowest BCUT2D eigenvalue weighted by molar-refractivity contribution is -0.137. The van der Waals surface area contributed by atoms with Gasteiger partial charge in [-0.2, -0.15) is 13.2 Å². The van der Waals surface area contributed by atoms with Crippen molar-refractivity contribution in [2.45, 2.75) is 31.5 Å². The van der Waals surface area contributed by atoms with E-state index in [1.54, 1.807) is 0 Å². The number of rotatable bonds is 3. The van der Waals surface area contributed by atoms with Crippen molar-refractivity contribution in [1.29, 1.82) is 0 Å². The van der Waals surface area contributed by atoms with Gasteiger partial charge in [0.25, 0.3) is 0 Å². The molecule has 1 aliphatic rings. The standard InChI is InChI=1S/C20H17F3N2OS/c1-19(10-9-12-5-3-2-4-6-12)17-16(25-18(24)27-17)14-8-7-13(20(21,22)23)11-15(14)26-19/h2-8,11H,9-10H2,1H3,(H2,24,25). The van der Waals surface area contributed by atoms with E-state index in [1.165, 1.54) is 17.4 Å². The number of alkyl halides is 3. The quantitative estimate of drug-likeness (QED) is 0.628. The van der Waals surface area contributed by atoms with Crippen LogP contribution in [0, 0.1) is 0 Å². The summed E-state index contributed by atoms with van der Waals surface area (Å²) in [7, 11) is 0. The smallest absolute Gasteiger partial charge is 0.416 e. The molecular formula is C20H17F3N2OS. The molecule has 0 fully saturated rings. The van der Waals surface area contributed by atoms with Gasteiger partial charge in [0.2, 0.25) is 0 Å². The molecule has 0 radical (unpaired) electrons. The molecule has 0 saturated carbocycles. The molecule has 2 aromatic carbocycles. The lowest BCUT2D eigenvalue weighted by atomic mass is 9.89. The SMILES string of the molecule is CC1(CCc2ccccc2)Oc2cc(C(F)(F)F)ccc2-c2nc(N)sc21. The summed E-state index contributed by atoms with van der Waals surface area (Å²) in [4.78, 5) is 5.22. The van der Waals surface area contributed by atoms with E-state index in [-0.39, 0.29) is 5.75 Å². The minimum absolute atomic E-state index is 0.193. The van der Waals surface area contributed by atoms with Gasteiger partial charge >= 0.3 is 6.18 Å². The van der Waals surface area contributed by atoms with E-state index in [0.717, 1.165) is 29.0 Å². The van der Waals surface area contributed by atoms with Crippen LogP contribution in [0.3, 0.4) is 0 Å². The third kappa shape index (κ3) is 3.27. The molecule has 3 aromatic rings. The van der Waals surface area contributed by atoms with E-state index >= 15 is 0 Å². The van der Waals surface area contributed by atoms with E-state index in [2.05, 4.69) is 4.98 Å². The van der Waals surface area contributed by atoms with Crippen LogP contribution in [0.1, 0.15) is 29.3 Å². The molecule has 0 spiro atoms. The maximum Gasteiger partial charge on any atom is 0.416 e. The number of benzene rings is 2. The Labute approximate surface area is 158 Å². The average molecular weight is 390 g/mol. The van der Waals surface area contributed by atoms with Gasteiger partial charge in [-0.15, -0.1) is 0 Å². The molecule has 3 nitrogen and oxygen atoms in total. The van der Waals surface area contributed by atoms with Crippen molar-refractivity contribution in [2.24, 2.45) is 0 Å². The highest BCUT2D eigenvalue weighted by Gasteiger charge is 2.41. The molecule has 0 aliphatic carbocycles. The number of thiazole rings is 1. The van der Waals surface area contributed by atoms with E-state index in [9.17, 15) is 13.2 Å². The number of anilines is 1. The number of aryl methyl sites for hydroxylation is 1. The lowest BCUT2D eigenvalue weighted by Gasteiger charge is -2.35. The van der Waals surface area contributed by atoms with Crippen molar-refractivity contribution >= 4 is 16.5 Å². The van der Waals surface area contributed by atoms with Gasteiger partial charge in [0.05, 0.1) is 16.1 Å². The van der Waals surface area contributed by atoms with Crippen LogP contribution < -0.4 is 10.5 Å². The number of ether oxygens (including phenoxy) is 1. The molecule has 2 N–H and O–H groups in total. The van der Waals surface area contributed by atoms with Gasteiger partial charge in [0.1, 0.15) is 11.4 Å². The van der Waals surface area contributed by atoms with Crippen LogP contribution in [-0.2, 0) is 18.2 Å². The normalized spacial score (nSPS) is 18.5. The molecule has 2 heterocycles. The van der Waals surface area contributed by atoms with Gasteiger partial charge in [-0.3, -0.25) is 0 Å². The van der Waals surface area contributed by atoms with Crippen LogP contribution in [0.5, 0.6) is 5.75 Å². The molecule has 7 heteroatoms. The first-order chi connectivity index (χ1) is 12.8. The molecule has 27 heavy (non-hydrogen) atoms. The maximum absolute atomic E-state index is 13.1. The number of nitrogens with zero attached hydrogens (tertiary/aromatic N) is 1. The minimum atomic E-state index is -4.43. The van der Waals surface area contributed by atoms with Crippen LogP contribution in [0.4, 0.5) is 18.3 Å². The molecule has 0 saturated heterocycles. The van der Waals surface area contributed by atoms with Crippen molar-refractivity contribution in [3.8, 4) is 17.0 Å². The van der Waals surface area contributed by atoms with Gasteiger partial charge in [-0.05, 0) is 43.5 Å². The van der Waals surface area contributed by atoms with E-state index in [1.807, 2.05) is 37.3 Å². The fourth-order valence-electron chi connectivity index (χ4n) is 3.34. The number of aromatic nitrogens is 1. The number of halogens is 3. The van der Waals surface area contributed by atoms with Crippen molar-refractivity contribution in [3.05, 3.63) is 64.5 Å². The number of nitrogens with two attached hydrogens (primary N) is 1. The van der Waals surface area contributed by atoms with Crippen LogP contribution in [0.15, 0.2) is 48.5 Å². The van der Waals surface area contributed by atoms with Crippen LogP contribution in [-0.4, -0.2) is 4.98 Å². The Morgan fingerprint density at radius 1 is 1.15 bits per heavy atom. The predicted octanol–water partition coefficient (Wildman–Crippen LogP) is 5.65. The van der Waals surface area contributed by atoms with Gasteiger partial charge in [-0.1, -0.05) is 41.7 Å². The van der Waals surface area contributed by atoms with E-state index < -0.39 is 17.3 Å². The zero-order chi connectivity index (χ0) is 19.2. The second-order valence-corrected chi connectivity index (χ2v) is 7.79. The Kier molecular flexibility index (Phi) is 4.14. The Morgan fingerprint density at radius 3 is 2.59 bits per heavy atom. The van der Waals surface area contributed by atoms with Gasteiger partial charge in [0, 0.05) is 5.56 Å². The highest BCUT2D eigenvalue weighted by Crippen LogP contribution is 2.50. The highest BCUT2D eigenvalue weighted by atomic mass is 32.1. The fraction of sp³-hybridized carbons (Fsp3) is 0.250.